The van der Waals surface area contributed by atoms with Crippen molar-refractivity contribution in [2.24, 2.45) is 5.92 Å². The number of methoxy groups -OCH3 is 2. The molecule has 9 heteroatoms. The molecular weight excluding hydrogens is 406 g/mol. The number of benzene rings is 1. The van der Waals surface area contributed by atoms with Gasteiger partial charge in [0.25, 0.3) is 5.56 Å². The molecule has 0 aliphatic heterocycles. The molecule has 160 valence electrons. The van der Waals surface area contributed by atoms with Crippen LogP contribution in [-0.4, -0.2) is 29.3 Å². The van der Waals surface area contributed by atoms with E-state index in [2.05, 4.69) is 5.32 Å². The summed E-state index contributed by atoms with van der Waals surface area (Å²) in [6, 6.07) is 6.74. The number of ether oxygens (including phenoxy) is 2. The molecule has 0 atom stereocenters. The molecule has 0 fully saturated rings. The van der Waals surface area contributed by atoms with Gasteiger partial charge in [0, 0.05) is 12.6 Å². The summed E-state index contributed by atoms with van der Waals surface area (Å²) in [7, 11) is 3.03. The van der Waals surface area contributed by atoms with Gasteiger partial charge in [-0.25, -0.2) is 4.79 Å². The van der Waals surface area contributed by atoms with Crippen LogP contribution in [0.4, 0.5) is 5.69 Å². The van der Waals surface area contributed by atoms with Gasteiger partial charge in [0.05, 0.1) is 25.4 Å². The average molecular weight is 432 g/mol. The molecule has 0 saturated carbocycles. The molecule has 0 aliphatic carbocycles. The molecule has 0 bridgehead atoms. The Kier molecular flexibility index (Phi) is 6.61. The highest BCUT2D eigenvalue weighted by molar-refractivity contribution is 7.17. The predicted octanol–water partition coefficient (Wildman–Crippen LogP) is 2.93. The summed E-state index contributed by atoms with van der Waals surface area (Å²) >= 11 is 1.27. The Bertz CT molecular complexity index is 1180. The summed E-state index contributed by atoms with van der Waals surface area (Å²) < 4.78 is 13.5. The molecule has 30 heavy (non-hydrogen) atoms. The number of hydrogen-bond donors (Lipinski definition) is 1. The number of aromatic nitrogens is 2. The number of nitrogens with zero attached hydrogens (tertiary/aromatic N) is 2. The highest BCUT2D eigenvalue weighted by atomic mass is 32.1. The van der Waals surface area contributed by atoms with Gasteiger partial charge in [-0.15, -0.1) is 11.3 Å². The van der Waals surface area contributed by atoms with Gasteiger partial charge in [-0.05, 0) is 35.9 Å². The van der Waals surface area contributed by atoms with Crippen molar-refractivity contribution in [1.29, 1.82) is 0 Å². The van der Waals surface area contributed by atoms with E-state index in [1.807, 2.05) is 13.8 Å². The zero-order chi connectivity index (χ0) is 21.8. The number of amides is 1. The molecule has 3 rings (SSSR count). The fourth-order valence-corrected chi connectivity index (χ4v) is 3.96. The predicted molar refractivity (Wildman–Crippen MR) is 118 cm³/mol. The molecule has 8 nitrogen and oxygen atoms in total. The zero-order valence-electron chi connectivity index (χ0n) is 17.4. The number of carbonyl (C=O) groups is 1. The largest absolute Gasteiger partial charge is 0.497 e. The van der Waals surface area contributed by atoms with Crippen molar-refractivity contribution in [2.45, 2.75) is 33.4 Å². The van der Waals surface area contributed by atoms with E-state index < -0.39 is 11.6 Å². The molecule has 1 aromatic carbocycles. The Labute approximate surface area is 177 Å². The maximum atomic E-state index is 13.0. The molecule has 3 aromatic rings. The topological polar surface area (TPSA) is 91.6 Å². The molecule has 1 amide bonds. The fraction of sp³-hybridized carbons (Fsp3) is 0.381. The van der Waals surface area contributed by atoms with Crippen LogP contribution in [0.25, 0.3) is 10.2 Å². The van der Waals surface area contributed by atoms with Crippen LogP contribution in [-0.2, 0) is 17.9 Å². The summed E-state index contributed by atoms with van der Waals surface area (Å²) in [6.45, 7) is 4.15. The molecule has 0 aliphatic rings. The first-order valence-electron chi connectivity index (χ1n) is 9.58. The van der Waals surface area contributed by atoms with E-state index in [-0.39, 0.29) is 12.1 Å². The Morgan fingerprint density at radius 2 is 1.90 bits per heavy atom. The minimum atomic E-state index is -0.487. The monoisotopic (exact) mass is 431 g/mol. The lowest BCUT2D eigenvalue weighted by Crippen LogP contribution is -2.41. The van der Waals surface area contributed by atoms with Gasteiger partial charge in [0.2, 0.25) is 5.91 Å². The van der Waals surface area contributed by atoms with E-state index in [1.165, 1.54) is 34.7 Å². The number of fused-ring (bicyclic) bond motifs is 1. The molecule has 0 spiro atoms. The van der Waals surface area contributed by atoms with Crippen LogP contribution in [0, 0.1) is 5.92 Å². The van der Waals surface area contributed by atoms with E-state index in [0.29, 0.717) is 46.3 Å². The maximum absolute atomic E-state index is 13.0. The van der Waals surface area contributed by atoms with E-state index in [4.69, 9.17) is 9.47 Å². The third kappa shape index (κ3) is 4.40. The number of hydrogen-bond acceptors (Lipinski definition) is 6. The molecule has 2 aromatic heterocycles. The first-order chi connectivity index (χ1) is 14.3. The SMILES string of the molecule is COc1ccc(OC)c(NC(=O)Cn2c(=O)n(CCC(C)C)c(=O)c3sccc32)c1. The van der Waals surface area contributed by atoms with Crippen molar-refractivity contribution < 1.29 is 14.3 Å². The second-order valence-electron chi connectivity index (χ2n) is 7.26. The van der Waals surface area contributed by atoms with Crippen LogP contribution in [0.15, 0.2) is 39.2 Å². The molecule has 1 N–H and O–H groups in total. The van der Waals surface area contributed by atoms with Crippen LogP contribution in [0.3, 0.4) is 0 Å². The summed E-state index contributed by atoms with van der Waals surface area (Å²) in [4.78, 5) is 38.5. The Balaban J connectivity index is 1.96. The molecule has 0 unspecified atom stereocenters. The average Bonchev–Trinajstić information content (AvgIpc) is 3.20. The second-order valence-corrected chi connectivity index (χ2v) is 8.17. The summed E-state index contributed by atoms with van der Waals surface area (Å²) in [5.74, 6) is 0.961. The number of nitrogens with one attached hydrogen (secondary N) is 1. The van der Waals surface area contributed by atoms with Crippen molar-refractivity contribution >= 4 is 33.1 Å². The highest BCUT2D eigenvalue weighted by Crippen LogP contribution is 2.29. The van der Waals surface area contributed by atoms with Crippen molar-refractivity contribution in [2.75, 3.05) is 19.5 Å². The number of anilines is 1. The van der Waals surface area contributed by atoms with E-state index in [1.54, 1.807) is 29.6 Å². The quantitative estimate of drug-likeness (QED) is 0.592. The Morgan fingerprint density at radius 3 is 2.57 bits per heavy atom. The first kappa shape index (κ1) is 21.6. The zero-order valence-corrected chi connectivity index (χ0v) is 18.2. The summed E-state index contributed by atoms with van der Waals surface area (Å²) in [5.41, 5.74) is 0.101. The van der Waals surface area contributed by atoms with E-state index in [0.717, 1.165) is 0 Å². The van der Waals surface area contributed by atoms with Gasteiger partial charge in [-0.1, -0.05) is 13.8 Å². The lowest BCUT2D eigenvalue weighted by Gasteiger charge is -2.14. The van der Waals surface area contributed by atoms with Crippen molar-refractivity contribution in [3.8, 4) is 11.5 Å². The van der Waals surface area contributed by atoms with Gasteiger partial charge >= 0.3 is 5.69 Å². The van der Waals surface area contributed by atoms with Gasteiger partial charge < -0.3 is 14.8 Å². The lowest BCUT2D eigenvalue weighted by molar-refractivity contribution is -0.116. The van der Waals surface area contributed by atoms with Crippen molar-refractivity contribution in [3.05, 3.63) is 50.5 Å². The maximum Gasteiger partial charge on any atom is 0.332 e. The first-order valence-corrected chi connectivity index (χ1v) is 10.5. The second kappa shape index (κ2) is 9.17. The van der Waals surface area contributed by atoms with Gasteiger partial charge in [0.1, 0.15) is 22.7 Å². The van der Waals surface area contributed by atoms with Crippen LogP contribution in [0.5, 0.6) is 11.5 Å². The third-order valence-electron chi connectivity index (χ3n) is 4.75. The Morgan fingerprint density at radius 1 is 1.13 bits per heavy atom. The van der Waals surface area contributed by atoms with Crippen LogP contribution >= 0.6 is 11.3 Å². The van der Waals surface area contributed by atoms with Crippen molar-refractivity contribution in [1.82, 2.24) is 9.13 Å². The molecule has 2 heterocycles. The third-order valence-corrected chi connectivity index (χ3v) is 5.64. The smallest absolute Gasteiger partial charge is 0.332 e. The fourth-order valence-electron chi connectivity index (χ4n) is 3.12. The van der Waals surface area contributed by atoms with Gasteiger partial charge in [-0.2, -0.15) is 0 Å². The number of thiophene rings is 1. The van der Waals surface area contributed by atoms with Gasteiger partial charge in [0.15, 0.2) is 0 Å². The highest BCUT2D eigenvalue weighted by Gasteiger charge is 2.17. The van der Waals surface area contributed by atoms with Crippen molar-refractivity contribution in [3.63, 3.8) is 0 Å². The summed E-state index contributed by atoms with van der Waals surface area (Å²) in [5, 5.41) is 4.51. The molecule has 0 saturated heterocycles. The minimum Gasteiger partial charge on any atom is -0.497 e. The summed E-state index contributed by atoms with van der Waals surface area (Å²) in [6.07, 6.45) is 0.694. The standard InChI is InChI=1S/C21H25N3O5S/c1-13(2)7-9-23-20(26)19-16(8-10-30-19)24(21(23)27)12-18(25)22-15-11-14(28-3)5-6-17(15)29-4/h5-6,8,10-11,13H,7,9,12H2,1-4H3,(H,22,25). The van der Waals surface area contributed by atoms with Crippen LogP contribution < -0.4 is 26.0 Å². The normalized spacial score (nSPS) is 11.1. The number of rotatable bonds is 8. The molecule has 0 radical (unpaired) electrons. The lowest BCUT2D eigenvalue weighted by atomic mass is 10.1. The minimum absolute atomic E-state index is 0.228. The van der Waals surface area contributed by atoms with Gasteiger partial charge in [-0.3, -0.25) is 18.7 Å². The van der Waals surface area contributed by atoms with E-state index >= 15 is 0 Å². The van der Waals surface area contributed by atoms with E-state index in [9.17, 15) is 14.4 Å². The number of carbonyl (C=O) groups excluding carboxylic acids is 1. The Hall–Kier alpha value is -3.07. The molecular formula is C21H25N3O5S. The van der Waals surface area contributed by atoms with Crippen LogP contribution in [0.2, 0.25) is 0 Å². The van der Waals surface area contributed by atoms with Crippen LogP contribution in [0.1, 0.15) is 20.3 Å².